The van der Waals surface area contributed by atoms with Crippen LogP contribution in [0.25, 0.3) is 5.65 Å². The van der Waals surface area contributed by atoms with Crippen LogP contribution < -0.4 is 9.80 Å². The smallest absolute Gasteiger partial charge is 0.354 e. The summed E-state index contributed by atoms with van der Waals surface area (Å²) in [4.78, 5) is 40.3. The largest absolute Gasteiger partial charge is 0.477 e. The van der Waals surface area contributed by atoms with Gasteiger partial charge in [-0.2, -0.15) is 0 Å². The number of aromatic nitrogens is 4. The average Bonchev–Trinajstić information content (AvgIpc) is 3.81. The number of rotatable bonds is 5. The number of halogens is 2. The SMILES string of the molecule is Cc1cc(N2CC[C@](C)(c3ccc(Cl)c(Cl)c3)C2)cn2nc(C(=O)N3CC[C@@]4(CCN(c5cccc(C(=O)O)n5)C4)C3)nc12. The van der Waals surface area contributed by atoms with Gasteiger partial charge >= 0.3 is 5.97 Å². The normalized spacial score (nSPS) is 23.4. The summed E-state index contributed by atoms with van der Waals surface area (Å²) >= 11 is 12.5. The topological polar surface area (TPSA) is 107 Å². The Hall–Kier alpha value is -3.89. The van der Waals surface area contributed by atoms with Crippen molar-refractivity contribution in [3.05, 3.63) is 81.4 Å². The predicted octanol–water partition coefficient (Wildman–Crippen LogP) is 5.35. The zero-order valence-corrected chi connectivity index (χ0v) is 26.1. The molecule has 3 aliphatic heterocycles. The minimum absolute atomic E-state index is 0.0354. The van der Waals surface area contributed by atoms with Gasteiger partial charge in [0.15, 0.2) is 11.3 Å². The van der Waals surface area contributed by atoms with Crippen molar-refractivity contribution in [2.45, 2.75) is 38.5 Å². The van der Waals surface area contributed by atoms with Gasteiger partial charge in [0, 0.05) is 50.1 Å². The lowest BCUT2D eigenvalue weighted by Gasteiger charge is -2.26. The lowest BCUT2D eigenvalue weighted by molar-refractivity contribution is 0.0689. The number of pyridine rings is 2. The molecular weight excluding hydrogens is 601 g/mol. The second kappa shape index (κ2) is 10.6. The average molecular weight is 635 g/mol. The molecule has 0 unspecified atom stereocenters. The number of amides is 1. The molecule has 0 aliphatic carbocycles. The van der Waals surface area contributed by atoms with Crippen molar-refractivity contribution in [3.8, 4) is 0 Å². The van der Waals surface area contributed by atoms with E-state index in [-0.39, 0.29) is 28.3 Å². The van der Waals surface area contributed by atoms with Gasteiger partial charge in [0.05, 0.1) is 21.9 Å². The van der Waals surface area contributed by atoms with Gasteiger partial charge < -0.3 is 19.8 Å². The van der Waals surface area contributed by atoms with Crippen LogP contribution in [0.2, 0.25) is 10.0 Å². The number of carboxylic acid groups (broad SMARTS) is 1. The first kappa shape index (κ1) is 28.9. The first-order valence-electron chi connectivity index (χ1n) is 14.8. The summed E-state index contributed by atoms with van der Waals surface area (Å²) in [5, 5.41) is 15.1. The van der Waals surface area contributed by atoms with Crippen LogP contribution in [0.3, 0.4) is 0 Å². The molecule has 4 aromatic rings. The monoisotopic (exact) mass is 633 g/mol. The van der Waals surface area contributed by atoms with Crippen LogP contribution in [0, 0.1) is 12.3 Å². The molecule has 44 heavy (non-hydrogen) atoms. The number of hydrogen-bond acceptors (Lipinski definition) is 7. The highest BCUT2D eigenvalue weighted by Gasteiger charge is 2.46. The third-order valence-electron chi connectivity index (χ3n) is 9.69. The van der Waals surface area contributed by atoms with E-state index in [1.165, 1.54) is 11.6 Å². The minimum Gasteiger partial charge on any atom is -0.477 e. The first-order valence-corrected chi connectivity index (χ1v) is 15.6. The number of likely N-dealkylation sites (tertiary alicyclic amines) is 1. The number of aryl methyl sites for hydroxylation is 1. The molecular formula is C32H33Cl2N7O3. The van der Waals surface area contributed by atoms with Crippen LogP contribution in [0.1, 0.15) is 58.4 Å². The second-order valence-electron chi connectivity index (χ2n) is 12.8. The van der Waals surface area contributed by atoms with E-state index in [9.17, 15) is 14.7 Å². The Labute approximate surface area is 265 Å². The highest BCUT2D eigenvalue weighted by Crippen LogP contribution is 2.42. The Morgan fingerprint density at radius 2 is 1.70 bits per heavy atom. The fourth-order valence-corrected chi connectivity index (χ4v) is 7.41. The van der Waals surface area contributed by atoms with Crippen molar-refractivity contribution in [2.75, 3.05) is 49.1 Å². The summed E-state index contributed by atoms with van der Waals surface area (Å²) in [6.07, 6.45) is 4.72. The van der Waals surface area contributed by atoms with Crippen LogP contribution >= 0.6 is 23.2 Å². The maximum atomic E-state index is 13.6. The number of fused-ring (bicyclic) bond motifs is 1. The van der Waals surface area contributed by atoms with Crippen molar-refractivity contribution < 1.29 is 14.7 Å². The Morgan fingerprint density at radius 3 is 2.50 bits per heavy atom. The van der Waals surface area contributed by atoms with Gasteiger partial charge in [-0.25, -0.2) is 19.3 Å². The van der Waals surface area contributed by atoms with E-state index in [0.717, 1.165) is 56.7 Å². The number of carboxylic acids is 1. The maximum Gasteiger partial charge on any atom is 0.354 e. The molecule has 2 atom stereocenters. The maximum absolute atomic E-state index is 13.6. The van der Waals surface area contributed by atoms with E-state index in [4.69, 9.17) is 23.2 Å². The molecule has 3 aromatic heterocycles. The van der Waals surface area contributed by atoms with Crippen molar-refractivity contribution in [1.82, 2.24) is 24.5 Å². The molecule has 12 heteroatoms. The molecule has 1 N–H and O–H groups in total. The molecule has 1 spiro atoms. The third-order valence-corrected chi connectivity index (χ3v) is 10.4. The highest BCUT2D eigenvalue weighted by atomic mass is 35.5. The summed E-state index contributed by atoms with van der Waals surface area (Å²) in [6, 6.07) is 13.1. The van der Waals surface area contributed by atoms with Crippen LogP contribution in [-0.4, -0.2) is 80.7 Å². The fraction of sp³-hybridized carbons (Fsp3) is 0.406. The molecule has 10 nitrogen and oxygen atoms in total. The summed E-state index contributed by atoms with van der Waals surface area (Å²) < 4.78 is 1.73. The predicted molar refractivity (Wildman–Crippen MR) is 169 cm³/mol. The Bertz CT molecular complexity index is 1810. The van der Waals surface area contributed by atoms with Crippen LogP contribution in [0.15, 0.2) is 48.7 Å². The molecule has 3 fully saturated rings. The Balaban J connectivity index is 1.06. The summed E-state index contributed by atoms with van der Waals surface area (Å²) in [6.45, 7) is 8.70. The Kier molecular flexibility index (Phi) is 6.97. The summed E-state index contributed by atoms with van der Waals surface area (Å²) in [7, 11) is 0. The number of anilines is 2. The zero-order chi connectivity index (χ0) is 30.8. The molecule has 228 valence electrons. The fourth-order valence-electron chi connectivity index (χ4n) is 7.12. The standard InChI is InChI=1S/C32H33Cl2N7O3/c1-20-14-22(38-11-8-31(2,17-38)21-6-7-23(33)24(34)15-21)16-41-28(20)36-27(37-41)29(42)40-13-10-32(19-40)9-12-39(18-32)26-5-3-4-25(35-26)30(43)44/h3-7,14-16H,8-13,17-19H2,1-2H3,(H,43,44)/t31-,32+/m0/s1. The zero-order valence-electron chi connectivity index (χ0n) is 24.6. The molecule has 3 saturated heterocycles. The van der Waals surface area contributed by atoms with Crippen molar-refractivity contribution in [1.29, 1.82) is 0 Å². The van der Waals surface area contributed by atoms with E-state index in [1.54, 1.807) is 10.6 Å². The number of aromatic carboxylic acids is 1. The van der Waals surface area contributed by atoms with Crippen molar-refractivity contribution >= 4 is 52.2 Å². The van der Waals surface area contributed by atoms with Gasteiger partial charge in [0.2, 0.25) is 5.82 Å². The quantitative estimate of drug-likeness (QED) is 0.313. The molecule has 1 amide bonds. The number of carbonyl (C=O) groups excluding carboxylic acids is 1. The third kappa shape index (κ3) is 5.03. The minimum atomic E-state index is -1.04. The van der Waals surface area contributed by atoms with Gasteiger partial charge in [0.25, 0.3) is 5.91 Å². The molecule has 1 aromatic carbocycles. The van der Waals surface area contributed by atoms with Gasteiger partial charge in [-0.05, 0) is 67.6 Å². The van der Waals surface area contributed by atoms with E-state index in [1.807, 2.05) is 36.2 Å². The molecule has 6 heterocycles. The number of hydrogen-bond donors (Lipinski definition) is 1. The van der Waals surface area contributed by atoms with E-state index in [2.05, 4.69) is 43.9 Å². The van der Waals surface area contributed by atoms with Crippen molar-refractivity contribution in [3.63, 3.8) is 0 Å². The second-order valence-corrected chi connectivity index (χ2v) is 13.6. The molecule has 0 bridgehead atoms. The Morgan fingerprint density at radius 1 is 0.909 bits per heavy atom. The summed E-state index contributed by atoms with van der Waals surface area (Å²) in [5.74, 6) is -0.336. The number of nitrogens with zero attached hydrogens (tertiary/aromatic N) is 7. The van der Waals surface area contributed by atoms with Crippen LogP contribution in [-0.2, 0) is 5.41 Å². The van der Waals surface area contributed by atoms with Gasteiger partial charge in [0.1, 0.15) is 5.82 Å². The van der Waals surface area contributed by atoms with Gasteiger partial charge in [-0.15, -0.1) is 5.10 Å². The van der Waals surface area contributed by atoms with E-state index in [0.29, 0.717) is 34.6 Å². The first-order chi connectivity index (χ1) is 21.0. The number of benzene rings is 1. The van der Waals surface area contributed by atoms with Gasteiger partial charge in [-0.3, -0.25) is 4.79 Å². The molecule has 0 radical (unpaired) electrons. The van der Waals surface area contributed by atoms with E-state index < -0.39 is 5.97 Å². The molecule has 0 saturated carbocycles. The lowest BCUT2D eigenvalue weighted by Crippen LogP contribution is -2.34. The van der Waals surface area contributed by atoms with E-state index >= 15 is 0 Å². The highest BCUT2D eigenvalue weighted by molar-refractivity contribution is 6.42. The van der Waals surface area contributed by atoms with Crippen LogP contribution in [0.5, 0.6) is 0 Å². The molecule has 3 aliphatic rings. The lowest BCUT2D eigenvalue weighted by atomic mass is 9.82. The number of carbonyl (C=O) groups is 2. The molecule has 7 rings (SSSR count). The van der Waals surface area contributed by atoms with Crippen molar-refractivity contribution in [2.24, 2.45) is 5.41 Å². The summed E-state index contributed by atoms with van der Waals surface area (Å²) in [5.41, 5.74) is 3.74. The van der Waals surface area contributed by atoms with Crippen LogP contribution in [0.4, 0.5) is 11.5 Å². The van der Waals surface area contributed by atoms with Gasteiger partial charge in [-0.1, -0.05) is 42.3 Å².